The summed E-state index contributed by atoms with van der Waals surface area (Å²) in [6, 6.07) is 10.1. The van der Waals surface area contributed by atoms with E-state index in [1.807, 2.05) is 32.0 Å². The lowest BCUT2D eigenvalue weighted by Gasteiger charge is -2.03. The summed E-state index contributed by atoms with van der Waals surface area (Å²) in [6.07, 6.45) is 1.79. The van der Waals surface area contributed by atoms with Crippen molar-refractivity contribution >= 4 is 17.9 Å². The first kappa shape index (κ1) is 19.5. The monoisotopic (exact) mass is 376 g/mol. The molecule has 0 saturated heterocycles. The molecule has 5 nitrogen and oxygen atoms in total. The van der Waals surface area contributed by atoms with Crippen LogP contribution < -0.4 is 0 Å². The van der Waals surface area contributed by atoms with Gasteiger partial charge >= 0.3 is 0 Å². The van der Waals surface area contributed by atoms with Gasteiger partial charge in [0.15, 0.2) is 17.9 Å². The molecule has 0 bridgehead atoms. The molecule has 1 aromatic carbocycles. The zero-order valence-corrected chi connectivity index (χ0v) is 16.6. The van der Waals surface area contributed by atoms with Gasteiger partial charge in [-0.1, -0.05) is 30.3 Å². The van der Waals surface area contributed by atoms with Gasteiger partial charge in [0, 0.05) is 41.1 Å². The summed E-state index contributed by atoms with van der Waals surface area (Å²) in [5, 5.41) is 0. The fourth-order valence-corrected chi connectivity index (χ4v) is 3.87. The van der Waals surface area contributed by atoms with E-state index in [0.29, 0.717) is 30.3 Å². The fraction of sp³-hybridized carbons (Fsp3) is 0.261. The highest BCUT2D eigenvalue weighted by molar-refractivity contribution is 6.02. The molecular formula is C23H24N2O3. The Morgan fingerprint density at radius 2 is 1.39 bits per heavy atom. The molecule has 0 aliphatic heterocycles. The van der Waals surface area contributed by atoms with Gasteiger partial charge in [-0.25, -0.2) is 0 Å². The van der Waals surface area contributed by atoms with Crippen molar-refractivity contribution in [3.63, 3.8) is 0 Å². The average Bonchev–Trinajstić information content (AvgIpc) is 3.13. The minimum atomic E-state index is -0.152. The second kappa shape index (κ2) is 7.80. The number of aromatic amines is 2. The SMILES string of the molecule is CC(=O)c1c(C=O)[nH]c(Cc2[nH]c(Cc3ccccc3)c(C)c2C(C)=O)c1C. The van der Waals surface area contributed by atoms with Gasteiger partial charge in [0.1, 0.15) is 0 Å². The van der Waals surface area contributed by atoms with Crippen LogP contribution in [0.1, 0.15) is 78.8 Å². The number of hydrogen-bond donors (Lipinski definition) is 2. The van der Waals surface area contributed by atoms with Crippen LogP contribution in [0.25, 0.3) is 0 Å². The summed E-state index contributed by atoms with van der Waals surface area (Å²) in [6.45, 7) is 6.79. The highest BCUT2D eigenvalue weighted by Crippen LogP contribution is 2.26. The van der Waals surface area contributed by atoms with Crippen LogP contribution in [0, 0.1) is 13.8 Å². The molecular weight excluding hydrogens is 352 g/mol. The Morgan fingerprint density at radius 1 is 0.821 bits per heavy atom. The molecule has 0 saturated carbocycles. The molecule has 0 radical (unpaired) electrons. The summed E-state index contributed by atoms with van der Waals surface area (Å²) < 4.78 is 0. The zero-order valence-electron chi connectivity index (χ0n) is 16.6. The number of benzene rings is 1. The number of aromatic nitrogens is 2. The quantitative estimate of drug-likeness (QED) is 0.475. The van der Waals surface area contributed by atoms with Gasteiger partial charge in [0.2, 0.25) is 0 Å². The minimum absolute atomic E-state index is 0.00493. The van der Waals surface area contributed by atoms with Crippen molar-refractivity contribution in [2.45, 2.75) is 40.5 Å². The lowest BCUT2D eigenvalue weighted by atomic mass is 10.00. The van der Waals surface area contributed by atoms with Crippen molar-refractivity contribution in [2.75, 3.05) is 0 Å². The van der Waals surface area contributed by atoms with E-state index in [-0.39, 0.29) is 17.3 Å². The van der Waals surface area contributed by atoms with E-state index < -0.39 is 0 Å². The van der Waals surface area contributed by atoms with Crippen LogP contribution >= 0.6 is 0 Å². The number of carbonyl (C=O) groups is 3. The lowest BCUT2D eigenvalue weighted by Crippen LogP contribution is -2.01. The van der Waals surface area contributed by atoms with E-state index in [1.165, 1.54) is 6.92 Å². The molecule has 0 aliphatic rings. The van der Waals surface area contributed by atoms with Gasteiger partial charge in [0.05, 0.1) is 5.69 Å². The maximum Gasteiger partial charge on any atom is 0.167 e. The zero-order chi connectivity index (χ0) is 20.4. The van der Waals surface area contributed by atoms with Crippen molar-refractivity contribution in [1.82, 2.24) is 9.97 Å². The lowest BCUT2D eigenvalue weighted by molar-refractivity contribution is 0.100. The molecule has 144 valence electrons. The third kappa shape index (κ3) is 3.60. The molecule has 0 fully saturated rings. The van der Waals surface area contributed by atoms with E-state index in [4.69, 9.17) is 0 Å². The second-order valence-corrected chi connectivity index (χ2v) is 7.17. The summed E-state index contributed by atoms with van der Waals surface area (Å²) in [4.78, 5) is 42.0. The Labute approximate surface area is 164 Å². The summed E-state index contributed by atoms with van der Waals surface area (Å²) >= 11 is 0. The molecule has 3 rings (SSSR count). The van der Waals surface area contributed by atoms with Gasteiger partial charge < -0.3 is 9.97 Å². The number of ketones is 2. The number of H-pyrrole nitrogens is 2. The molecule has 3 aromatic rings. The number of carbonyl (C=O) groups excluding carboxylic acids is 3. The van der Waals surface area contributed by atoms with Crippen LogP contribution in [0.3, 0.4) is 0 Å². The Kier molecular flexibility index (Phi) is 5.45. The highest BCUT2D eigenvalue weighted by Gasteiger charge is 2.22. The van der Waals surface area contributed by atoms with Gasteiger partial charge in [-0.05, 0) is 44.4 Å². The molecule has 0 atom stereocenters. The van der Waals surface area contributed by atoms with Crippen molar-refractivity contribution in [1.29, 1.82) is 0 Å². The summed E-state index contributed by atoms with van der Waals surface area (Å²) in [5.74, 6) is -0.156. The maximum absolute atomic E-state index is 12.3. The van der Waals surface area contributed by atoms with Gasteiger partial charge in [-0.2, -0.15) is 0 Å². The first-order valence-corrected chi connectivity index (χ1v) is 9.26. The Balaban J connectivity index is 2.03. The van der Waals surface area contributed by atoms with E-state index in [1.54, 1.807) is 6.92 Å². The van der Waals surface area contributed by atoms with Crippen LogP contribution in [0.4, 0.5) is 0 Å². The molecule has 5 heteroatoms. The molecule has 28 heavy (non-hydrogen) atoms. The van der Waals surface area contributed by atoms with Crippen molar-refractivity contribution in [2.24, 2.45) is 0 Å². The third-order valence-electron chi connectivity index (χ3n) is 5.21. The molecule has 0 aliphatic carbocycles. The van der Waals surface area contributed by atoms with Crippen LogP contribution in [0.2, 0.25) is 0 Å². The van der Waals surface area contributed by atoms with Crippen molar-refractivity contribution < 1.29 is 14.4 Å². The van der Waals surface area contributed by atoms with Crippen molar-refractivity contribution in [3.8, 4) is 0 Å². The number of Topliss-reactive ketones (excluding diaryl/α,β-unsaturated/α-hetero) is 2. The fourth-order valence-electron chi connectivity index (χ4n) is 3.87. The topological polar surface area (TPSA) is 82.8 Å². The predicted octanol–water partition coefficient (Wildman–Crippen LogP) is 4.36. The summed E-state index contributed by atoms with van der Waals surface area (Å²) in [7, 11) is 0. The van der Waals surface area contributed by atoms with Gasteiger partial charge in [-0.15, -0.1) is 0 Å². The van der Waals surface area contributed by atoms with Gasteiger partial charge in [-0.3, -0.25) is 14.4 Å². The van der Waals surface area contributed by atoms with Crippen LogP contribution in [-0.4, -0.2) is 27.8 Å². The summed E-state index contributed by atoms with van der Waals surface area (Å²) in [5.41, 5.74) is 6.80. The third-order valence-corrected chi connectivity index (χ3v) is 5.21. The second-order valence-electron chi connectivity index (χ2n) is 7.17. The Bertz CT molecular complexity index is 1060. The van der Waals surface area contributed by atoms with E-state index >= 15 is 0 Å². The largest absolute Gasteiger partial charge is 0.361 e. The first-order valence-electron chi connectivity index (χ1n) is 9.26. The molecule has 2 aromatic heterocycles. The minimum Gasteiger partial charge on any atom is -0.361 e. The number of aldehydes is 1. The number of nitrogens with one attached hydrogen (secondary N) is 2. The van der Waals surface area contributed by atoms with Crippen LogP contribution in [0.15, 0.2) is 30.3 Å². The Hall–Kier alpha value is -3.21. The molecule has 2 N–H and O–H groups in total. The molecule has 2 heterocycles. The predicted molar refractivity (Wildman–Crippen MR) is 109 cm³/mol. The van der Waals surface area contributed by atoms with Crippen molar-refractivity contribution in [3.05, 3.63) is 80.9 Å². The number of hydrogen-bond acceptors (Lipinski definition) is 3. The first-order chi connectivity index (χ1) is 13.3. The van der Waals surface area contributed by atoms with E-state index in [2.05, 4.69) is 22.1 Å². The molecule has 0 amide bonds. The highest BCUT2D eigenvalue weighted by atomic mass is 16.1. The Morgan fingerprint density at radius 3 is 1.93 bits per heavy atom. The van der Waals surface area contributed by atoms with E-state index in [0.717, 1.165) is 33.8 Å². The maximum atomic E-state index is 12.3. The standard InChI is InChI=1S/C23H24N2O3/c1-13-18(10-17-8-6-5-7-9-17)24-20(22(13)15(3)27)11-19-14(2)23(16(4)28)21(12-26)25-19/h5-9,12,24-25H,10-11H2,1-4H3. The number of rotatable bonds is 7. The normalized spacial score (nSPS) is 10.9. The smallest absolute Gasteiger partial charge is 0.167 e. The molecule has 0 spiro atoms. The van der Waals surface area contributed by atoms with E-state index in [9.17, 15) is 14.4 Å². The van der Waals surface area contributed by atoms with Crippen LogP contribution in [0.5, 0.6) is 0 Å². The van der Waals surface area contributed by atoms with Gasteiger partial charge in [0.25, 0.3) is 0 Å². The molecule has 0 unspecified atom stereocenters. The van der Waals surface area contributed by atoms with Crippen LogP contribution in [-0.2, 0) is 12.8 Å². The average molecular weight is 376 g/mol.